The van der Waals surface area contributed by atoms with E-state index in [1.165, 1.54) is 31.6 Å². The van der Waals surface area contributed by atoms with Gasteiger partial charge in [0.2, 0.25) is 0 Å². The third kappa shape index (κ3) is 4.11. The van der Waals surface area contributed by atoms with E-state index in [0.717, 1.165) is 24.9 Å². The molecule has 0 aromatic heterocycles. The first-order valence-electron chi connectivity index (χ1n) is 7.22. The molecule has 1 heterocycles. The maximum atomic E-state index is 3.53. The number of likely N-dealkylation sites (tertiary alicyclic amines) is 1. The Morgan fingerprint density at radius 1 is 1.28 bits per heavy atom. The molecule has 0 saturated carbocycles. The van der Waals surface area contributed by atoms with Crippen molar-refractivity contribution in [2.45, 2.75) is 26.8 Å². The Hall–Kier alpha value is -0.860. The summed E-state index contributed by atoms with van der Waals surface area (Å²) < 4.78 is 0. The molecule has 0 aliphatic carbocycles. The molecule has 2 nitrogen and oxygen atoms in total. The van der Waals surface area contributed by atoms with Crippen molar-refractivity contribution in [1.82, 2.24) is 10.2 Å². The lowest BCUT2D eigenvalue weighted by Gasteiger charge is -2.18. The Labute approximate surface area is 111 Å². The van der Waals surface area contributed by atoms with E-state index in [4.69, 9.17) is 0 Å². The molecule has 1 aliphatic rings. The van der Waals surface area contributed by atoms with Crippen LogP contribution in [0.25, 0.3) is 0 Å². The van der Waals surface area contributed by atoms with Gasteiger partial charge in [0.15, 0.2) is 0 Å². The van der Waals surface area contributed by atoms with Crippen LogP contribution in [0.2, 0.25) is 0 Å². The normalized spacial score (nSPS) is 20.7. The smallest absolute Gasteiger partial charge is 0.0206 e. The molecule has 1 fully saturated rings. The molecule has 2 rings (SSSR count). The van der Waals surface area contributed by atoms with Gasteiger partial charge in [0.25, 0.3) is 0 Å². The van der Waals surface area contributed by atoms with E-state index >= 15 is 0 Å². The first-order valence-corrected chi connectivity index (χ1v) is 7.22. The lowest BCUT2D eigenvalue weighted by molar-refractivity contribution is 0.302. The summed E-state index contributed by atoms with van der Waals surface area (Å²) in [7, 11) is 0. The first kappa shape index (κ1) is 13.6. The van der Waals surface area contributed by atoms with Gasteiger partial charge in [0.05, 0.1) is 0 Å². The second-order valence-electron chi connectivity index (χ2n) is 5.76. The molecule has 1 aromatic rings. The highest BCUT2D eigenvalue weighted by atomic mass is 15.2. The van der Waals surface area contributed by atoms with Crippen LogP contribution in [0.1, 0.15) is 25.8 Å². The van der Waals surface area contributed by atoms with Crippen LogP contribution in [-0.2, 0) is 6.54 Å². The molecule has 18 heavy (non-hydrogen) atoms. The molecular weight excluding hydrogens is 220 g/mol. The quantitative estimate of drug-likeness (QED) is 0.777. The summed E-state index contributed by atoms with van der Waals surface area (Å²) in [5.74, 6) is 1.76. The van der Waals surface area contributed by atoms with E-state index in [0.29, 0.717) is 0 Å². The molecule has 0 bridgehead atoms. The van der Waals surface area contributed by atoms with Gasteiger partial charge in [0, 0.05) is 26.2 Å². The summed E-state index contributed by atoms with van der Waals surface area (Å²) in [6, 6.07) is 10.6. The lowest BCUT2D eigenvalue weighted by atomic mass is 9.95. The molecule has 0 amide bonds. The van der Waals surface area contributed by atoms with Crippen molar-refractivity contribution >= 4 is 0 Å². The number of nitrogens with one attached hydrogen (secondary N) is 1. The second-order valence-corrected chi connectivity index (χ2v) is 5.76. The van der Waals surface area contributed by atoms with Crippen molar-refractivity contribution in [2.75, 3.05) is 26.2 Å². The summed E-state index contributed by atoms with van der Waals surface area (Å²) in [6.07, 6.45) is 1.39. The van der Waals surface area contributed by atoms with Crippen LogP contribution in [0.5, 0.6) is 0 Å². The standard InChI is InChI=1S/C16H26N2/c1-14(2)16-8-10-18(13-16)11-9-17-12-15-6-4-3-5-7-15/h3-7,14,16-17H,8-13H2,1-2H3. The minimum atomic E-state index is 0.840. The zero-order chi connectivity index (χ0) is 12.8. The van der Waals surface area contributed by atoms with Crippen molar-refractivity contribution in [3.05, 3.63) is 35.9 Å². The van der Waals surface area contributed by atoms with Gasteiger partial charge in [-0.25, -0.2) is 0 Å². The van der Waals surface area contributed by atoms with Gasteiger partial charge in [0.1, 0.15) is 0 Å². The van der Waals surface area contributed by atoms with E-state index in [9.17, 15) is 0 Å². The third-order valence-electron chi connectivity index (χ3n) is 4.03. The van der Waals surface area contributed by atoms with Crippen LogP contribution in [0, 0.1) is 11.8 Å². The average molecular weight is 246 g/mol. The van der Waals surface area contributed by atoms with Gasteiger partial charge >= 0.3 is 0 Å². The fourth-order valence-electron chi connectivity index (χ4n) is 2.68. The Kier molecular flexibility index (Phi) is 5.21. The Morgan fingerprint density at radius 3 is 2.72 bits per heavy atom. The summed E-state index contributed by atoms with van der Waals surface area (Å²) in [5, 5.41) is 3.53. The van der Waals surface area contributed by atoms with Crippen LogP contribution in [0.4, 0.5) is 0 Å². The number of hydrogen-bond donors (Lipinski definition) is 1. The van der Waals surface area contributed by atoms with E-state index in [2.05, 4.69) is 54.4 Å². The third-order valence-corrected chi connectivity index (χ3v) is 4.03. The second kappa shape index (κ2) is 6.91. The lowest BCUT2D eigenvalue weighted by Crippen LogP contribution is -2.30. The molecule has 2 heteroatoms. The highest BCUT2D eigenvalue weighted by molar-refractivity contribution is 5.14. The number of rotatable bonds is 6. The SMILES string of the molecule is CC(C)C1CCN(CCNCc2ccccc2)C1. The van der Waals surface area contributed by atoms with Crippen molar-refractivity contribution < 1.29 is 0 Å². The summed E-state index contributed by atoms with van der Waals surface area (Å²) in [6.45, 7) is 10.6. The number of benzene rings is 1. The van der Waals surface area contributed by atoms with E-state index in [1.807, 2.05) is 0 Å². The van der Waals surface area contributed by atoms with Crippen LogP contribution in [-0.4, -0.2) is 31.1 Å². The summed E-state index contributed by atoms with van der Waals surface area (Å²) in [5.41, 5.74) is 1.37. The average Bonchev–Trinajstić information content (AvgIpc) is 2.85. The van der Waals surface area contributed by atoms with Crippen molar-refractivity contribution in [1.29, 1.82) is 0 Å². The molecule has 0 spiro atoms. The van der Waals surface area contributed by atoms with Gasteiger partial charge in [-0.15, -0.1) is 0 Å². The molecule has 1 unspecified atom stereocenters. The number of hydrogen-bond acceptors (Lipinski definition) is 2. The monoisotopic (exact) mass is 246 g/mol. The summed E-state index contributed by atoms with van der Waals surface area (Å²) in [4.78, 5) is 2.60. The molecule has 1 aromatic carbocycles. The number of nitrogens with zero attached hydrogens (tertiary/aromatic N) is 1. The molecule has 1 N–H and O–H groups in total. The first-order chi connectivity index (χ1) is 8.75. The minimum Gasteiger partial charge on any atom is -0.311 e. The molecule has 0 radical (unpaired) electrons. The Bertz CT molecular complexity index is 334. The van der Waals surface area contributed by atoms with Crippen molar-refractivity contribution in [3.63, 3.8) is 0 Å². The predicted octanol–water partition coefficient (Wildman–Crippen LogP) is 2.75. The van der Waals surface area contributed by atoms with Gasteiger partial charge in [-0.3, -0.25) is 0 Å². The maximum absolute atomic E-state index is 3.53. The zero-order valence-electron chi connectivity index (χ0n) is 11.7. The van der Waals surface area contributed by atoms with Gasteiger partial charge in [-0.05, 0) is 30.4 Å². The maximum Gasteiger partial charge on any atom is 0.0206 e. The molecule has 1 aliphatic heterocycles. The molecular formula is C16H26N2. The topological polar surface area (TPSA) is 15.3 Å². The predicted molar refractivity (Wildman–Crippen MR) is 77.5 cm³/mol. The van der Waals surface area contributed by atoms with Crippen LogP contribution in [0.3, 0.4) is 0 Å². The van der Waals surface area contributed by atoms with Crippen LogP contribution in [0.15, 0.2) is 30.3 Å². The largest absolute Gasteiger partial charge is 0.311 e. The summed E-state index contributed by atoms with van der Waals surface area (Å²) >= 11 is 0. The minimum absolute atomic E-state index is 0.840. The van der Waals surface area contributed by atoms with E-state index < -0.39 is 0 Å². The molecule has 100 valence electrons. The van der Waals surface area contributed by atoms with Crippen LogP contribution >= 0.6 is 0 Å². The fourth-order valence-corrected chi connectivity index (χ4v) is 2.68. The molecule has 1 saturated heterocycles. The van der Waals surface area contributed by atoms with E-state index in [-0.39, 0.29) is 0 Å². The van der Waals surface area contributed by atoms with Crippen LogP contribution < -0.4 is 5.32 Å². The van der Waals surface area contributed by atoms with Crippen molar-refractivity contribution in [3.8, 4) is 0 Å². The Balaban J connectivity index is 1.59. The van der Waals surface area contributed by atoms with Crippen molar-refractivity contribution in [2.24, 2.45) is 11.8 Å². The van der Waals surface area contributed by atoms with Gasteiger partial charge in [-0.1, -0.05) is 44.2 Å². The highest BCUT2D eigenvalue weighted by Gasteiger charge is 2.23. The molecule has 1 atom stereocenters. The highest BCUT2D eigenvalue weighted by Crippen LogP contribution is 2.22. The van der Waals surface area contributed by atoms with E-state index in [1.54, 1.807) is 0 Å². The van der Waals surface area contributed by atoms with Gasteiger partial charge in [-0.2, -0.15) is 0 Å². The zero-order valence-corrected chi connectivity index (χ0v) is 11.7. The fraction of sp³-hybridized carbons (Fsp3) is 0.625. The van der Waals surface area contributed by atoms with Gasteiger partial charge < -0.3 is 10.2 Å². The Morgan fingerprint density at radius 2 is 2.06 bits per heavy atom.